The number of nitrogens with one attached hydrogen (secondary N) is 1. The molecule has 0 saturated carbocycles. The molecule has 104 valence electrons. The summed E-state index contributed by atoms with van der Waals surface area (Å²) < 4.78 is 0.928. The van der Waals surface area contributed by atoms with Gasteiger partial charge in [-0.05, 0) is 36.8 Å². The topological polar surface area (TPSA) is 73.7 Å². The van der Waals surface area contributed by atoms with E-state index in [-0.39, 0.29) is 0 Å². The van der Waals surface area contributed by atoms with E-state index < -0.39 is 0 Å². The Labute approximate surface area is 121 Å². The van der Waals surface area contributed by atoms with E-state index in [0.29, 0.717) is 16.9 Å². The van der Waals surface area contributed by atoms with Crippen molar-refractivity contribution in [3.63, 3.8) is 0 Å². The molecule has 1 heterocycles. The third kappa shape index (κ3) is 2.53. The number of aryl methyl sites for hydroxylation is 1. The summed E-state index contributed by atoms with van der Waals surface area (Å²) >= 11 is 0. The fourth-order valence-electron chi connectivity index (χ4n) is 2.13. The zero-order valence-electron chi connectivity index (χ0n) is 11.5. The van der Waals surface area contributed by atoms with Crippen molar-refractivity contribution in [3.05, 3.63) is 76.9 Å². The number of nitrogens with zero attached hydrogens (tertiary/aromatic N) is 3. The molecule has 2 N–H and O–H groups in total. The maximum atomic E-state index is 9.70. The molecule has 5 heteroatoms. The first kappa shape index (κ1) is 13.1. The van der Waals surface area contributed by atoms with Crippen molar-refractivity contribution < 1.29 is 5.21 Å². The normalized spacial score (nSPS) is 16.3. The molecule has 0 spiro atoms. The minimum Gasteiger partial charge on any atom is -0.427 e. The Morgan fingerprint density at radius 2 is 1.81 bits per heavy atom. The van der Waals surface area contributed by atoms with Gasteiger partial charge in [-0.3, -0.25) is 0 Å². The van der Waals surface area contributed by atoms with Crippen molar-refractivity contribution in [3.8, 4) is 0 Å². The van der Waals surface area contributed by atoms with Crippen LogP contribution in [-0.4, -0.2) is 21.4 Å². The number of fused-ring (bicyclic) bond motifs is 1. The number of hydrogen-bond donors (Lipinski definition) is 2. The van der Waals surface area contributed by atoms with E-state index in [1.807, 2.05) is 31.2 Å². The highest BCUT2D eigenvalue weighted by molar-refractivity contribution is 6.24. The van der Waals surface area contributed by atoms with Gasteiger partial charge in [0, 0.05) is 17.3 Å². The highest BCUT2D eigenvalue weighted by Crippen LogP contribution is 2.16. The smallest absolute Gasteiger partial charge is 0.190 e. The number of aromatic nitrogens is 1. The second kappa shape index (κ2) is 5.20. The number of benzene rings is 1. The Morgan fingerprint density at radius 1 is 1.05 bits per heavy atom. The molecule has 5 nitrogen and oxygen atoms in total. The van der Waals surface area contributed by atoms with Crippen LogP contribution in [0.2, 0.25) is 0 Å². The van der Waals surface area contributed by atoms with Crippen LogP contribution in [0.5, 0.6) is 0 Å². The van der Waals surface area contributed by atoms with E-state index in [4.69, 9.17) is 5.41 Å². The monoisotopic (exact) mass is 278 g/mol. The molecule has 0 unspecified atom stereocenters. The molecule has 1 aliphatic carbocycles. The van der Waals surface area contributed by atoms with E-state index >= 15 is 0 Å². The van der Waals surface area contributed by atoms with Crippen molar-refractivity contribution in [2.24, 2.45) is 10.2 Å². The van der Waals surface area contributed by atoms with Crippen LogP contribution < -0.4 is 5.49 Å². The molecule has 1 aromatic carbocycles. The molecule has 0 bridgehead atoms. The van der Waals surface area contributed by atoms with Gasteiger partial charge in [0.2, 0.25) is 0 Å². The minimum atomic E-state index is 0.356. The van der Waals surface area contributed by atoms with Gasteiger partial charge in [0.1, 0.15) is 0 Å². The molecule has 0 atom stereocenters. The van der Waals surface area contributed by atoms with E-state index in [0.717, 1.165) is 21.4 Å². The highest BCUT2D eigenvalue weighted by atomic mass is 16.5. The fourth-order valence-corrected chi connectivity index (χ4v) is 2.13. The number of allylic oxidation sites excluding steroid dienone is 2. The lowest BCUT2D eigenvalue weighted by molar-refractivity contribution is 0.171. The van der Waals surface area contributed by atoms with Gasteiger partial charge < -0.3 is 10.6 Å². The van der Waals surface area contributed by atoms with E-state index in [2.05, 4.69) is 10.2 Å². The van der Waals surface area contributed by atoms with Gasteiger partial charge in [-0.1, -0.05) is 24.3 Å². The summed E-state index contributed by atoms with van der Waals surface area (Å²) in [6.07, 6.45) is 4.97. The summed E-state index contributed by atoms with van der Waals surface area (Å²) in [5.41, 5.74) is 4.16. The zero-order chi connectivity index (χ0) is 14.8. The third-order valence-corrected chi connectivity index (χ3v) is 3.23. The maximum Gasteiger partial charge on any atom is 0.190 e. The highest BCUT2D eigenvalue weighted by Gasteiger charge is 2.13. The van der Waals surface area contributed by atoms with Crippen molar-refractivity contribution in [2.45, 2.75) is 6.92 Å². The third-order valence-electron chi connectivity index (χ3n) is 3.23. The predicted octanol–water partition coefficient (Wildman–Crippen LogP) is 2.28. The Bertz CT molecular complexity index is 843. The average molecular weight is 278 g/mol. The Morgan fingerprint density at radius 3 is 2.62 bits per heavy atom. The first-order valence-electron chi connectivity index (χ1n) is 6.52. The number of rotatable bonds is 1. The molecule has 1 aromatic heterocycles. The van der Waals surface area contributed by atoms with Crippen LogP contribution in [0.1, 0.15) is 16.7 Å². The lowest BCUT2D eigenvalue weighted by Crippen LogP contribution is -2.18. The molecule has 0 saturated heterocycles. The Balaban J connectivity index is 2.11. The molecular formula is C16H14N4O. The van der Waals surface area contributed by atoms with Gasteiger partial charge in [-0.15, -0.1) is 10.2 Å². The molecular weight excluding hydrogens is 264 g/mol. The second-order valence-corrected chi connectivity index (χ2v) is 4.78. The first-order valence-corrected chi connectivity index (χ1v) is 6.52. The lowest BCUT2D eigenvalue weighted by atomic mass is 9.94. The van der Waals surface area contributed by atoms with E-state index in [9.17, 15) is 5.21 Å². The van der Waals surface area contributed by atoms with Crippen molar-refractivity contribution in [1.82, 2.24) is 4.73 Å². The summed E-state index contributed by atoms with van der Waals surface area (Å²) in [4.78, 5) is 0. The first-order chi connectivity index (χ1) is 10.1. The van der Waals surface area contributed by atoms with E-state index in [1.54, 1.807) is 24.3 Å². The molecule has 0 amide bonds. The SMILES string of the molecule is Cc1ccn(O)/c(=N/N=C2C=CC(=N)c3ccccc32)c1. The van der Waals surface area contributed by atoms with Crippen LogP contribution in [0.15, 0.2) is 64.9 Å². The molecule has 2 aromatic rings. The van der Waals surface area contributed by atoms with Gasteiger partial charge in [0.25, 0.3) is 0 Å². The predicted molar refractivity (Wildman–Crippen MR) is 80.9 cm³/mol. The zero-order valence-corrected chi connectivity index (χ0v) is 11.5. The standard InChI is InChI=1S/C16H14N4O/c1-11-8-9-20(21)16(10-11)19-18-15-7-6-14(17)12-4-2-3-5-13(12)15/h2-10,17,21H,1H3/b17-14?,18-15?,19-16+. The molecule has 0 aliphatic heterocycles. The maximum absolute atomic E-state index is 9.70. The van der Waals surface area contributed by atoms with Crippen LogP contribution in [0.25, 0.3) is 0 Å². The van der Waals surface area contributed by atoms with Crippen LogP contribution in [-0.2, 0) is 0 Å². The molecule has 0 fully saturated rings. The molecule has 21 heavy (non-hydrogen) atoms. The van der Waals surface area contributed by atoms with Gasteiger partial charge in [0.05, 0.1) is 11.4 Å². The van der Waals surface area contributed by atoms with Crippen LogP contribution >= 0.6 is 0 Å². The average Bonchev–Trinajstić information content (AvgIpc) is 2.50. The largest absolute Gasteiger partial charge is 0.427 e. The fraction of sp³-hybridized carbons (Fsp3) is 0.0625. The Kier molecular flexibility index (Phi) is 3.23. The molecule has 1 aliphatic rings. The molecule has 3 rings (SSSR count). The lowest BCUT2D eigenvalue weighted by Gasteiger charge is -2.12. The van der Waals surface area contributed by atoms with Gasteiger partial charge in [-0.25, -0.2) is 0 Å². The van der Waals surface area contributed by atoms with Crippen molar-refractivity contribution in [2.75, 3.05) is 0 Å². The summed E-state index contributed by atoms with van der Waals surface area (Å²) in [5, 5.41) is 25.9. The summed E-state index contributed by atoms with van der Waals surface area (Å²) in [6.45, 7) is 1.92. The second-order valence-electron chi connectivity index (χ2n) is 4.78. The molecule has 0 radical (unpaired) electrons. The summed E-state index contributed by atoms with van der Waals surface area (Å²) in [7, 11) is 0. The number of pyridine rings is 1. The van der Waals surface area contributed by atoms with Gasteiger partial charge >= 0.3 is 0 Å². The van der Waals surface area contributed by atoms with Gasteiger partial charge in [0.15, 0.2) is 5.49 Å². The quantitative estimate of drug-likeness (QED) is 0.609. The van der Waals surface area contributed by atoms with E-state index in [1.165, 1.54) is 6.20 Å². The van der Waals surface area contributed by atoms with Crippen LogP contribution in [0.3, 0.4) is 0 Å². The van der Waals surface area contributed by atoms with Gasteiger partial charge in [-0.2, -0.15) is 4.73 Å². The summed E-state index contributed by atoms with van der Waals surface area (Å²) in [6, 6.07) is 11.1. The number of hydrogen-bond acceptors (Lipinski definition) is 4. The van der Waals surface area contributed by atoms with Crippen molar-refractivity contribution >= 4 is 11.4 Å². The minimum absolute atomic E-state index is 0.356. The van der Waals surface area contributed by atoms with Crippen LogP contribution in [0, 0.1) is 12.3 Å². The Hall–Kier alpha value is -2.95. The van der Waals surface area contributed by atoms with Crippen molar-refractivity contribution in [1.29, 1.82) is 5.41 Å². The summed E-state index contributed by atoms with van der Waals surface area (Å²) in [5.74, 6) is 0. The van der Waals surface area contributed by atoms with Crippen LogP contribution in [0.4, 0.5) is 0 Å².